The first-order valence-corrected chi connectivity index (χ1v) is 10.7. The molecule has 10 nitrogen and oxygen atoms in total. The molecule has 0 radical (unpaired) electrons. The fraction of sp³-hybridized carbons (Fsp3) is 0.524. The Morgan fingerprint density at radius 1 is 1.16 bits per heavy atom. The van der Waals surface area contributed by atoms with Gasteiger partial charge in [-0.05, 0) is 32.9 Å². The summed E-state index contributed by atoms with van der Waals surface area (Å²) in [4.78, 5) is 20.6. The molecule has 2 N–H and O–H groups in total. The average molecular weight is 427 g/mol. The Balaban J connectivity index is 1.51. The van der Waals surface area contributed by atoms with Crippen LogP contribution < -0.4 is 15.4 Å². The first kappa shape index (κ1) is 21.3. The van der Waals surface area contributed by atoms with Crippen molar-refractivity contribution in [1.82, 2.24) is 29.4 Å². The minimum absolute atomic E-state index is 0.240. The smallest absolute Gasteiger partial charge is 0.231 e. The van der Waals surface area contributed by atoms with Gasteiger partial charge in [0.05, 0.1) is 38.5 Å². The van der Waals surface area contributed by atoms with Crippen LogP contribution in [0.1, 0.15) is 26.3 Å². The summed E-state index contributed by atoms with van der Waals surface area (Å²) in [7, 11) is 1.59. The van der Waals surface area contributed by atoms with Crippen molar-refractivity contribution >= 4 is 28.6 Å². The molecule has 0 bridgehead atoms. The van der Waals surface area contributed by atoms with Crippen LogP contribution in [0.5, 0.6) is 5.88 Å². The highest BCUT2D eigenvalue weighted by Gasteiger charge is 2.15. The van der Waals surface area contributed by atoms with E-state index in [2.05, 4.69) is 39.3 Å². The van der Waals surface area contributed by atoms with E-state index in [9.17, 15) is 0 Å². The molecule has 3 aromatic heterocycles. The van der Waals surface area contributed by atoms with Crippen molar-refractivity contribution in [2.24, 2.45) is 0 Å². The van der Waals surface area contributed by atoms with E-state index in [4.69, 9.17) is 19.4 Å². The Labute approximate surface area is 182 Å². The zero-order valence-electron chi connectivity index (χ0n) is 18.3. The molecule has 4 heterocycles. The van der Waals surface area contributed by atoms with Crippen LogP contribution in [0.25, 0.3) is 11.2 Å². The summed E-state index contributed by atoms with van der Waals surface area (Å²) in [6.45, 7) is 9.71. The summed E-state index contributed by atoms with van der Waals surface area (Å²) in [6.07, 6.45) is 4.53. The molecule has 0 amide bonds. The van der Waals surface area contributed by atoms with Gasteiger partial charge in [-0.3, -0.25) is 4.90 Å². The number of methoxy groups -OCH3 is 1. The lowest BCUT2D eigenvalue weighted by molar-refractivity contribution is 0.0378. The highest BCUT2D eigenvalue weighted by molar-refractivity contribution is 5.84. The quantitative estimate of drug-likeness (QED) is 0.500. The fourth-order valence-corrected chi connectivity index (χ4v) is 3.51. The third-order valence-electron chi connectivity index (χ3n) is 5.23. The van der Waals surface area contributed by atoms with Gasteiger partial charge in [0, 0.05) is 31.7 Å². The fourth-order valence-electron chi connectivity index (χ4n) is 3.51. The number of hydrogen-bond acceptors (Lipinski definition) is 9. The van der Waals surface area contributed by atoms with Gasteiger partial charge in [0.2, 0.25) is 11.8 Å². The van der Waals surface area contributed by atoms with Crippen molar-refractivity contribution in [2.45, 2.75) is 26.3 Å². The predicted octanol–water partition coefficient (Wildman–Crippen LogP) is 2.69. The Morgan fingerprint density at radius 2 is 2.00 bits per heavy atom. The summed E-state index contributed by atoms with van der Waals surface area (Å²) in [5, 5.41) is 6.71. The van der Waals surface area contributed by atoms with E-state index in [-0.39, 0.29) is 6.04 Å². The number of nitrogens with one attached hydrogen (secondary N) is 2. The van der Waals surface area contributed by atoms with Crippen molar-refractivity contribution in [1.29, 1.82) is 0 Å². The van der Waals surface area contributed by atoms with Crippen molar-refractivity contribution in [2.75, 3.05) is 57.1 Å². The van der Waals surface area contributed by atoms with Crippen molar-refractivity contribution < 1.29 is 9.47 Å². The first-order chi connectivity index (χ1) is 15.1. The van der Waals surface area contributed by atoms with Crippen LogP contribution in [0.2, 0.25) is 0 Å². The summed E-state index contributed by atoms with van der Waals surface area (Å²) in [5.74, 6) is 1.79. The molecular formula is C21H30N8O2. The number of hydrogen-bond donors (Lipinski definition) is 2. The van der Waals surface area contributed by atoms with Crippen molar-refractivity contribution in [3.8, 4) is 5.88 Å². The van der Waals surface area contributed by atoms with Crippen LogP contribution in [-0.2, 0) is 4.74 Å². The van der Waals surface area contributed by atoms with Crippen LogP contribution >= 0.6 is 0 Å². The third kappa shape index (κ3) is 5.20. The minimum atomic E-state index is 0.240. The topological polar surface area (TPSA) is 102 Å². The SMILES string of the molecule is COc1ccc(Nc2nc(NCCCN3CCOCC3)c3ncn(C(C)C)c3n2)cn1. The van der Waals surface area contributed by atoms with E-state index in [1.165, 1.54) is 0 Å². The predicted molar refractivity (Wildman–Crippen MR) is 120 cm³/mol. The number of ether oxygens (including phenoxy) is 2. The molecular weight excluding hydrogens is 396 g/mol. The highest BCUT2D eigenvalue weighted by atomic mass is 16.5. The Morgan fingerprint density at radius 3 is 2.71 bits per heavy atom. The van der Waals surface area contributed by atoms with E-state index < -0.39 is 0 Å². The lowest BCUT2D eigenvalue weighted by Gasteiger charge is -2.26. The van der Waals surface area contributed by atoms with Crippen molar-refractivity contribution in [3.05, 3.63) is 24.7 Å². The number of aromatic nitrogens is 5. The molecule has 31 heavy (non-hydrogen) atoms. The lowest BCUT2D eigenvalue weighted by Crippen LogP contribution is -2.37. The molecule has 0 saturated carbocycles. The van der Waals surface area contributed by atoms with E-state index in [0.29, 0.717) is 11.8 Å². The zero-order chi connectivity index (χ0) is 21.6. The van der Waals surface area contributed by atoms with Gasteiger partial charge in [0.25, 0.3) is 0 Å². The average Bonchev–Trinajstić information content (AvgIpc) is 3.22. The minimum Gasteiger partial charge on any atom is -0.481 e. The van der Waals surface area contributed by atoms with Gasteiger partial charge in [-0.1, -0.05) is 0 Å². The summed E-state index contributed by atoms with van der Waals surface area (Å²) < 4.78 is 12.6. The number of nitrogens with zero attached hydrogens (tertiary/aromatic N) is 6. The molecule has 0 atom stereocenters. The van der Waals surface area contributed by atoms with Gasteiger partial charge in [-0.25, -0.2) is 9.97 Å². The van der Waals surface area contributed by atoms with E-state index in [0.717, 1.165) is 68.5 Å². The second-order valence-electron chi connectivity index (χ2n) is 7.76. The van der Waals surface area contributed by atoms with Gasteiger partial charge in [-0.15, -0.1) is 0 Å². The maximum atomic E-state index is 5.42. The largest absolute Gasteiger partial charge is 0.481 e. The molecule has 1 aliphatic heterocycles. The van der Waals surface area contributed by atoms with E-state index in [1.807, 2.05) is 17.0 Å². The number of rotatable bonds is 9. The second-order valence-corrected chi connectivity index (χ2v) is 7.76. The number of fused-ring (bicyclic) bond motifs is 1. The maximum Gasteiger partial charge on any atom is 0.231 e. The van der Waals surface area contributed by atoms with Gasteiger partial charge in [0.15, 0.2) is 17.0 Å². The molecule has 0 spiro atoms. The Kier molecular flexibility index (Phi) is 6.78. The van der Waals surface area contributed by atoms with Crippen LogP contribution in [0, 0.1) is 0 Å². The molecule has 166 valence electrons. The summed E-state index contributed by atoms with van der Waals surface area (Å²) in [5.41, 5.74) is 2.36. The number of anilines is 3. The molecule has 1 fully saturated rings. The Bertz CT molecular complexity index is 983. The van der Waals surface area contributed by atoms with E-state index >= 15 is 0 Å². The zero-order valence-corrected chi connectivity index (χ0v) is 18.3. The molecule has 10 heteroatoms. The standard InChI is InChI=1S/C21H30N8O2/c1-15(2)29-14-24-18-19(22-7-4-8-28-9-11-31-12-10-28)26-21(27-20(18)29)25-16-5-6-17(30-3)23-13-16/h5-6,13-15H,4,7-12H2,1-3H3,(H2,22,25,26,27). The van der Waals surface area contributed by atoms with Gasteiger partial charge in [-0.2, -0.15) is 9.97 Å². The monoisotopic (exact) mass is 426 g/mol. The summed E-state index contributed by atoms with van der Waals surface area (Å²) in [6, 6.07) is 3.92. The van der Waals surface area contributed by atoms with Gasteiger partial charge in [0.1, 0.15) is 0 Å². The van der Waals surface area contributed by atoms with Crippen LogP contribution in [0.4, 0.5) is 17.5 Å². The van der Waals surface area contributed by atoms with Crippen LogP contribution in [-0.4, -0.2) is 75.9 Å². The number of imidazole rings is 1. The van der Waals surface area contributed by atoms with Crippen LogP contribution in [0.3, 0.4) is 0 Å². The first-order valence-electron chi connectivity index (χ1n) is 10.7. The molecule has 4 rings (SSSR count). The second kappa shape index (κ2) is 9.88. The summed E-state index contributed by atoms with van der Waals surface area (Å²) >= 11 is 0. The lowest BCUT2D eigenvalue weighted by atomic mass is 10.3. The molecule has 3 aromatic rings. The normalized spacial score (nSPS) is 14.8. The molecule has 1 saturated heterocycles. The van der Waals surface area contributed by atoms with E-state index in [1.54, 1.807) is 19.4 Å². The Hall–Kier alpha value is -2.98. The highest BCUT2D eigenvalue weighted by Crippen LogP contribution is 2.25. The van der Waals surface area contributed by atoms with Crippen LogP contribution in [0.15, 0.2) is 24.7 Å². The number of pyridine rings is 1. The molecule has 0 aliphatic carbocycles. The molecule has 1 aliphatic rings. The third-order valence-corrected chi connectivity index (χ3v) is 5.23. The number of morpholine rings is 1. The van der Waals surface area contributed by atoms with Gasteiger partial charge >= 0.3 is 0 Å². The molecule has 0 aromatic carbocycles. The van der Waals surface area contributed by atoms with Gasteiger partial charge < -0.3 is 24.7 Å². The maximum absolute atomic E-state index is 5.42. The molecule has 0 unspecified atom stereocenters. The van der Waals surface area contributed by atoms with Crippen molar-refractivity contribution in [3.63, 3.8) is 0 Å².